The second kappa shape index (κ2) is 5.43. The largest absolute Gasteiger partial charge is 0.416 e. The van der Waals surface area contributed by atoms with Crippen molar-refractivity contribution in [2.75, 3.05) is 11.1 Å². The van der Waals surface area contributed by atoms with Gasteiger partial charge >= 0.3 is 6.18 Å². The van der Waals surface area contributed by atoms with E-state index < -0.39 is 23.5 Å². The molecule has 2 rings (SSSR count). The van der Waals surface area contributed by atoms with Gasteiger partial charge in [0.1, 0.15) is 5.82 Å². The molecule has 2 aromatic rings. The van der Waals surface area contributed by atoms with Crippen molar-refractivity contribution in [1.29, 1.82) is 0 Å². The Kier molecular flexibility index (Phi) is 3.84. The van der Waals surface area contributed by atoms with Crippen molar-refractivity contribution in [2.45, 2.75) is 6.18 Å². The van der Waals surface area contributed by atoms with Gasteiger partial charge in [0.2, 0.25) is 0 Å². The average molecular weight is 298 g/mol. The molecule has 3 nitrogen and oxygen atoms in total. The number of carbonyl (C=O) groups is 1. The first kappa shape index (κ1) is 14.8. The van der Waals surface area contributed by atoms with E-state index in [1.807, 2.05) is 0 Å². The van der Waals surface area contributed by atoms with Crippen LogP contribution in [0.3, 0.4) is 0 Å². The number of amides is 1. The molecule has 0 aromatic heterocycles. The summed E-state index contributed by atoms with van der Waals surface area (Å²) in [5.41, 5.74) is 4.92. The van der Waals surface area contributed by atoms with E-state index in [-0.39, 0.29) is 16.9 Å². The summed E-state index contributed by atoms with van der Waals surface area (Å²) in [6.07, 6.45) is -4.46. The van der Waals surface area contributed by atoms with Gasteiger partial charge in [-0.1, -0.05) is 0 Å². The maximum Gasteiger partial charge on any atom is 0.416 e. The van der Waals surface area contributed by atoms with Gasteiger partial charge in [-0.15, -0.1) is 0 Å². The molecular weight excluding hydrogens is 288 g/mol. The van der Waals surface area contributed by atoms with Gasteiger partial charge in [-0.25, -0.2) is 4.39 Å². The third kappa shape index (κ3) is 3.50. The van der Waals surface area contributed by atoms with Gasteiger partial charge in [0, 0.05) is 5.56 Å². The minimum Gasteiger partial charge on any atom is -0.397 e. The molecule has 0 aliphatic rings. The van der Waals surface area contributed by atoms with E-state index >= 15 is 0 Å². The van der Waals surface area contributed by atoms with Crippen molar-refractivity contribution >= 4 is 17.3 Å². The maximum atomic E-state index is 12.9. The number of alkyl halides is 3. The van der Waals surface area contributed by atoms with Crippen LogP contribution >= 0.6 is 0 Å². The quantitative estimate of drug-likeness (QED) is 0.656. The summed E-state index contributed by atoms with van der Waals surface area (Å²) >= 11 is 0. The van der Waals surface area contributed by atoms with Crippen molar-refractivity contribution in [3.05, 3.63) is 59.4 Å². The number of halogens is 4. The monoisotopic (exact) mass is 298 g/mol. The second-order valence-corrected chi connectivity index (χ2v) is 4.26. The topological polar surface area (TPSA) is 55.1 Å². The third-order valence-electron chi connectivity index (χ3n) is 2.74. The highest BCUT2D eigenvalue weighted by Crippen LogP contribution is 2.29. The van der Waals surface area contributed by atoms with Crippen LogP contribution < -0.4 is 11.1 Å². The van der Waals surface area contributed by atoms with Gasteiger partial charge in [0.15, 0.2) is 0 Å². The zero-order chi connectivity index (χ0) is 15.6. The van der Waals surface area contributed by atoms with E-state index in [2.05, 4.69) is 5.32 Å². The zero-order valence-corrected chi connectivity index (χ0v) is 10.5. The van der Waals surface area contributed by atoms with Crippen LogP contribution in [0.4, 0.5) is 28.9 Å². The summed E-state index contributed by atoms with van der Waals surface area (Å²) in [6, 6.07) is 7.13. The SMILES string of the molecule is Nc1cc(F)ccc1NC(=O)c1ccc(C(F)(F)F)cc1. The molecule has 110 valence electrons. The molecule has 0 saturated heterocycles. The minimum atomic E-state index is -4.46. The lowest BCUT2D eigenvalue weighted by Gasteiger charge is -2.10. The molecule has 0 atom stereocenters. The maximum absolute atomic E-state index is 12.9. The highest BCUT2D eigenvalue weighted by molar-refractivity contribution is 6.05. The number of anilines is 2. The molecule has 21 heavy (non-hydrogen) atoms. The lowest BCUT2D eigenvalue weighted by molar-refractivity contribution is -0.137. The van der Waals surface area contributed by atoms with Crippen molar-refractivity contribution in [3.8, 4) is 0 Å². The lowest BCUT2D eigenvalue weighted by Crippen LogP contribution is -2.14. The number of nitrogens with one attached hydrogen (secondary N) is 1. The summed E-state index contributed by atoms with van der Waals surface area (Å²) in [5, 5.41) is 2.40. The number of nitrogens with two attached hydrogens (primary N) is 1. The van der Waals surface area contributed by atoms with Crippen molar-refractivity contribution < 1.29 is 22.4 Å². The lowest BCUT2D eigenvalue weighted by atomic mass is 10.1. The molecule has 0 heterocycles. The van der Waals surface area contributed by atoms with Gasteiger partial charge in [0.25, 0.3) is 5.91 Å². The number of benzene rings is 2. The molecule has 0 bridgehead atoms. The van der Waals surface area contributed by atoms with Gasteiger partial charge in [-0.3, -0.25) is 4.79 Å². The molecular formula is C14H10F4N2O. The number of hydrogen-bond donors (Lipinski definition) is 2. The van der Waals surface area contributed by atoms with Crippen molar-refractivity contribution in [1.82, 2.24) is 0 Å². The van der Waals surface area contributed by atoms with Gasteiger partial charge < -0.3 is 11.1 Å². The predicted octanol–water partition coefficient (Wildman–Crippen LogP) is 3.68. The molecule has 0 radical (unpaired) electrons. The standard InChI is InChI=1S/C14H10F4N2O/c15-10-5-6-12(11(19)7-10)20-13(21)8-1-3-9(4-2-8)14(16,17)18/h1-7H,19H2,(H,20,21). The second-order valence-electron chi connectivity index (χ2n) is 4.26. The predicted molar refractivity (Wildman–Crippen MR) is 70.2 cm³/mol. The molecule has 0 aliphatic heterocycles. The van der Waals surface area contributed by atoms with Gasteiger partial charge in [-0.2, -0.15) is 13.2 Å². The smallest absolute Gasteiger partial charge is 0.397 e. The molecule has 7 heteroatoms. The summed E-state index contributed by atoms with van der Waals surface area (Å²) in [6.45, 7) is 0. The Hall–Kier alpha value is -2.57. The fourth-order valence-corrected chi connectivity index (χ4v) is 1.65. The van der Waals surface area contributed by atoms with E-state index in [4.69, 9.17) is 5.73 Å². The Labute approximate surface area is 117 Å². The first-order chi connectivity index (χ1) is 9.77. The van der Waals surface area contributed by atoms with Crippen LogP contribution in [0.5, 0.6) is 0 Å². The molecule has 0 fully saturated rings. The fourth-order valence-electron chi connectivity index (χ4n) is 1.65. The van der Waals surface area contributed by atoms with Crippen LogP contribution in [-0.4, -0.2) is 5.91 Å². The number of nitrogen functional groups attached to an aromatic ring is 1. The molecule has 0 spiro atoms. The Bertz CT molecular complexity index is 666. The van der Waals surface area contributed by atoms with E-state index in [0.717, 1.165) is 36.4 Å². The fraction of sp³-hybridized carbons (Fsp3) is 0.0714. The molecule has 0 saturated carbocycles. The van der Waals surface area contributed by atoms with Crippen molar-refractivity contribution in [2.24, 2.45) is 0 Å². The summed E-state index contributed by atoms with van der Waals surface area (Å²) in [7, 11) is 0. The number of carbonyl (C=O) groups excluding carboxylic acids is 1. The highest BCUT2D eigenvalue weighted by Gasteiger charge is 2.30. The molecule has 0 aliphatic carbocycles. The minimum absolute atomic E-state index is 0.0234. The first-order valence-corrected chi connectivity index (χ1v) is 5.81. The Balaban J connectivity index is 2.17. The van der Waals surface area contributed by atoms with Crippen LogP contribution in [0, 0.1) is 5.82 Å². The van der Waals surface area contributed by atoms with Crippen LogP contribution in [0.25, 0.3) is 0 Å². The molecule has 3 N–H and O–H groups in total. The Morgan fingerprint density at radius 1 is 1.05 bits per heavy atom. The first-order valence-electron chi connectivity index (χ1n) is 5.81. The van der Waals surface area contributed by atoms with Gasteiger partial charge in [0.05, 0.1) is 16.9 Å². The normalized spacial score (nSPS) is 11.2. The highest BCUT2D eigenvalue weighted by atomic mass is 19.4. The van der Waals surface area contributed by atoms with Crippen LogP contribution in [0.1, 0.15) is 15.9 Å². The average Bonchev–Trinajstić information content (AvgIpc) is 2.41. The molecule has 0 unspecified atom stereocenters. The Morgan fingerprint density at radius 3 is 2.19 bits per heavy atom. The summed E-state index contributed by atoms with van der Waals surface area (Å²) in [5.74, 6) is -1.19. The van der Waals surface area contributed by atoms with Crippen LogP contribution in [0.2, 0.25) is 0 Å². The van der Waals surface area contributed by atoms with Crippen LogP contribution in [-0.2, 0) is 6.18 Å². The van der Waals surface area contributed by atoms with E-state index in [1.165, 1.54) is 6.07 Å². The third-order valence-corrected chi connectivity index (χ3v) is 2.74. The van der Waals surface area contributed by atoms with E-state index in [1.54, 1.807) is 0 Å². The van der Waals surface area contributed by atoms with Gasteiger partial charge in [-0.05, 0) is 42.5 Å². The molecule has 2 aromatic carbocycles. The van der Waals surface area contributed by atoms with E-state index in [9.17, 15) is 22.4 Å². The van der Waals surface area contributed by atoms with Crippen LogP contribution in [0.15, 0.2) is 42.5 Å². The summed E-state index contributed by atoms with van der Waals surface area (Å²) in [4.78, 5) is 11.9. The Morgan fingerprint density at radius 2 is 1.67 bits per heavy atom. The van der Waals surface area contributed by atoms with Crippen molar-refractivity contribution in [3.63, 3.8) is 0 Å². The molecule has 1 amide bonds. The zero-order valence-electron chi connectivity index (χ0n) is 10.5. The number of hydrogen-bond acceptors (Lipinski definition) is 2. The summed E-state index contributed by atoms with van der Waals surface area (Å²) < 4.78 is 50.1. The van der Waals surface area contributed by atoms with E-state index in [0.29, 0.717) is 0 Å². The number of rotatable bonds is 2.